The molecule has 0 fully saturated rings. The number of hydrogen-bond acceptors (Lipinski definition) is 4. The van der Waals surface area contributed by atoms with Gasteiger partial charge in [-0.05, 0) is 49.2 Å². The third-order valence-corrected chi connectivity index (χ3v) is 3.95. The number of aryl methyl sites for hydroxylation is 1. The van der Waals surface area contributed by atoms with Crippen LogP contribution >= 0.6 is 23.2 Å². The standard InChI is InChI=1S/C17H17Cl2N3O3/c1-10-9-11(4-5-12(10)18)25-8-2-3-15(23)21-13-6-7-14(19)22-16(13)17(20)24/h4-7,9H,2-3,8H2,1H3,(H2,20,24)(H,21,23). The lowest BCUT2D eigenvalue weighted by Crippen LogP contribution is -2.20. The number of ether oxygens (including phenoxy) is 1. The summed E-state index contributed by atoms with van der Waals surface area (Å²) in [6.07, 6.45) is 0.716. The van der Waals surface area contributed by atoms with E-state index in [4.69, 9.17) is 33.7 Å². The number of aromatic nitrogens is 1. The summed E-state index contributed by atoms with van der Waals surface area (Å²) < 4.78 is 5.58. The van der Waals surface area contributed by atoms with Crippen molar-refractivity contribution in [3.05, 3.63) is 51.8 Å². The molecule has 0 aliphatic rings. The van der Waals surface area contributed by atoms with E-state index in [0.717, 1.165) is 5.56 Å². The Kier molecular flexibility index (Phi) is 6.61. The van der Waals surface area contributed by atoms with E-state index in [1.807, 2.05) is 13.0 Å². The zero-order valence-electron chi connectivity index (χ0n) is 13.5. The van der Waals surface area contributed by atoms with Gasteiger partial charge in [0.2, 0.25) is 5.91 Å². The van der Waals surface area contributed by atoms with Crippen molar-refractivity contribution >= 4 is 40.7 Å². The van der Waals surface area contributed by atoms with Crippen molar-refractivity contribution in [3.63, 3.8) is 0 Å². The third-order valence-electron chi connectivity index (χ3n) is 3.32. The van der Waals surface area contributed by atoms with Crippen molar-refractivity contribution in [1.29, 1.82) is 0 Å². The minimum absolute atomic E-state index is 0.0752. The van der Waals surface area contributed by atoms with Gasteiger partial charge in [0.15, 0.2) is 5.69 Å². The summed E-state index contributed by atoms with van der Waals surface area (Å²) in [5, 5.41) is 3.40. The van der Waals surface area contributed by atoms with Crippen LogP contribution in [-0.4, -0.2) is 23.4 Å². The molecule has 6 nitrogen and oxygen atoms in total. The fourth-order valence-corrected chi connectivity index (χ4v) is 2.33. The smallest absolute Gasteiger partial charge is 0.269 e. The molecule has 1 heterocycles. The second-order valence-electron chi connectivity index (χ2n) is 5.31. The fraction of sp³-hybridized carbons (Fsp3) is 0.235. The summed E-state index contributed by atoms with van der Waals surface area (Å²) in [7, 11) is 0. The maximum absolute atomic E-state index is 12.0. The topological polar surface area (TPSA) is 94.3 Å². The Hall–Kier alpha value is -2.31. The van der Waals surface area contributed by atoms with Gasteiger partial charge in [-0.15, -0.1) is 0 Å². The van der Waals surface area contributed by atoms with Crippen LogP contribution in [0.2, 0.25) is 10.2 Å². The summed E-state index contributed by atoms with van der Waals surface area (Å²) in [4.78, 5) is 27.1. The number of nitrogens with zero attached hydrogens (tertiary/aromatic N) is 1. The molecule has 25 heavy (non-hydrogen) atoms. The molecule has 0 spiro atoms. The maximum atomic E-state index is 12.0. The maximum Gasteiger partial charge on any atom is 0.269 e. The Morgan fingerprint density at radius 2 is 2.00 bits per heavy atom. The van der Waals surface area contributed by atoms with E-state index in [-0.39, 0.29) is 28.9 Å². The monoisotopic (exact) mass is 381 g/mol. The largest absolute Gasteiger partial charge is 0.494 e. The molecular formula is C17H17Cl2N3O3. The van der Waals surface area contributed by atoms with Crippen LogP contribution in [0.15, 0.2) is 30.3 Å². The van der Waals surface area contributed by atoms with Crippen LogP contribution in [0.4, 0.5) is 5.69 Å². The van der Waals surface area contributed by atoms with Crippen molar-refractivity contribution in [2.24, 2.45) is 5.73 Å². The molecule has 0 aliphatic carbocycles. The number of benzene rings is 1. The van der Waals surface area contributed by atoms with Gasteiger partial charge in [-0.3, -0.25) is 9.59 Å². The predicted molar refractivity (Wildman–Crippen MR) is 97.3 cm³/mol. The number of pyridine rings is 1. The molecule has 0 atom stereocenters. The van der Waals surface area contributed by atoms with Gasteiger partial charge < -0.3 is 15.8 Å². The van der Waals surface area contributed by atoms with E-state index in [9.17, 15) is 9.59 Å². The lowest BCUT2D eigenvalue weighted by Gasteiger charge is -2.10. The van der Waals surface area contributed by atoms with Crippen LogP contribution in [-0.2, 0) is 4.79 Å². The average molecular weight is 382 g/mol. The molecule has 2 amide bonds. The molecule has 0 saturated carbocycles. The zero-order valence-corrected chi connectivity index (χ0v) is 15.0. The number of carbonyl (C=O) groups is 2. The molecule has 0 bridgehead atoms. The fourth-order valence-electron chi connectivity index (χ4n) is 2.07. The molecule has 1 aromatic carbocycles. The SMILES string of the molecule is Cc1cc(OCCCC(=O)Nc2ccc(Cl)nc2C(N)=O)ccc1Cl. The summed E-state index contributed by atoms with van der Waals surface area (Å²) in [6, 6.07) is 8.32. The van der Waals surface area contributed by atoms with Crippen molar-refractivity contribution in [2.75, 3.05) is 11.9 Å². The minimum atomic E-state index is -0.765. The third kappa shape index (κ3) is 5.62. The first-order valence-electron chi connectivity index (χ1n) is 7.52. The van der Waals surface area contributed by atoms with Crippen LogP contribution < -0.4 is 15.8 Å². The molecule has 0 saturated heterocycles. The van der Waals surface area contributed by atoms with Crippen molar-refractivity contribution in [1.82, 2.24) is 4.98 Å². The highest BCUT2D eigenvalue weighted by molar-refractivity contribution is 6.31. The van der Waals surface area contributed by atoms with Gasteiger partial charge in [0.1, 0.15) is 10.9 Å². The zero-order chi connectivity index (χ0) is 18.4. The average Bonchev–Trinajstić information content (AvgIpc) is 2.56. The summed E-state index contributed by atoms with van der Waals surface area (Å²) in [5.41, 5.74) is 6.31. The predicted octanol–water partition coefficient (Wildman–Crippen LogP) is 3.59. The number of hydrogen-bond donors (Lipinski definition) is 2. The number of rotatable bonds is 7. The molecule has 2 aromatic rings. The molecule has 3 N–H and O–H groups in total. The van der Waals surface area contributed by atoms with Crippen LogP contribution in [0.25, 0.3) is 0 Å². The van der Waals surface area contributed by atoms with E-state index in [1.165, 1.54) is 12.1 Å². The lowest BCUT2D eigenvalue weighted by molar-refractivity contribution is -0.116. The molecule has 0 radical (unpaired) electrons. The van der Waals surface area contributed by atoms with Crippen molar-refractivity contribution in [2.45, 2.75) is 19.8 Å². The molecule has 2 rings (SSSR count). The highest BCUT2D eigenvalue weighted by Gasteiger charge is 2.13. The Balaban J connectivity index is 1.83. The summed E-state index contributed by atoms with van der Waals surface area (Å²) >= 11 is 11.7. The van der Waals surface area contributed by atoms with E-state index in [2.05, 4.69) is 10.3 Å². The van der Waals surface area contributed by atoms with E-state index >= 15 is 0 Å². The number of nitrogens with two attached hydrogens (primary N) is 1. The van der Waals surface area contributed by atoms with Gasteiger partial charge in [-0.2, -0.15) is 0 Å². The summed E-state index contributed by atoms with van der Waals surface area (Å²) in [5.74, 6) is -0.345. The second kappa shape index (κ2) is 8.69. The Bertz CT molecular complexity index is 797. The second-order valence-corrected chi connectivity index (χ2v) is 6.10. The van der Waals surface area contributed by atoms with Gasteiger partial charge in [0, 0.05) is 11.4 Å². The van der Waals surface area contributed by atoms with Crippen molar-refractivity contribution in [3.8, 4) is 5.75 Å². The van der Waals surface area contributed by atoms with E-state index in [1.54, 1.807) is 12.1 Å². The normalized spacial score (nSPS) is 10.4. The molecule has 132 valence electrons. The molecule has 8 heteroatoms. The molecule has 0 unspecified atom stereocenters. The van der Waals surface area contributed by atoms with Crippen LogP contribution in [0.1, 0.15) is 28.9 Å². The number of carbonyl (C=O) groups excluding carboxylic acids is 2. The highest BCUT2D eigenvalue weighted by atomic mass is 35.5. The van der Waals surface area contributed by atoms with Crippen LogP contribution in [0, 0.1) is 6.92 Å². The van der Waals surface area contributed by atoms with E-state index in [0.29, 0.717) is 23.8 Å². The number of amides is 2. The van der Waals surface area contributed by atoms with Gasteiger partial charge in [0.05, 0.1) is 12.3 Å². The van der Waals surface area contributed by atoms with Gasteiger partial charge >= 0.3 is 0 Å². The number of nitrogens with one attached hydrogen (secondary N) is 1. The van der Waals surface area contributed by atoms with Gasteiger partial charge in [-0.25, -0.2) is 4.98 Å². The molecule has 0 aliphatic heterocycles. The Morgan fingerprint density at radius 1 is 1.24 bits per heavy atom. The number of primary amides is 1. The lowest BCUT2D eigenvalue weighted by atomic mass is 10.2. The number of anilines is 1. The first-order chi connectivity index (χ1) is 11.9. The van der Waals surface area contributed by atoms with Crippen LogP contribution in [0.3, 0.4) is 0 Å². The Labute approximate surface area is 155 Å². The van der Waals surface area contributed by atoms with Crippen molar-refractivity contribution < 1.29 is 14.3 Å². The molecule has 1 aromatic heterocycles. The van der Waals surface area contributed by atoms with Gasteiger partial charge in [-0.1, -0.05) is 23.2 Å². The first-order valence-corrected chi connectivity index (χ1v) is 8.27. The first kappa shape index (κ1) is 19.0. The molecular weight excluding hydrogens is 365 g/mol. The Morgan fingerprint density at radius 3 is 2.68 bits per heavy atom. The van der Waals surface area contributed by atoms with E-state index < -0.39 is 5.91 Å². The minimum Gasteiger partial charge on any atom is -0.494 e. The van der Waals surface area contributed by atoms with Crippen LogP contribution in [0.5, 0.6) is 5.75 Å². The quantitative estimate of drug-likeness (QED) is 0.565. The van der Waals surface area contributed by atoms with Gasteiger partial charge in [0.25, 0.3) is 5.91 Å². The summed E-state index contributed by atoms with van der Waals surface area (Å²) in [6.45, 7) is 2.26. The highest BCUT2D eigenvalue weighted by Crippen LogP contribution is 2.21. The number of halogens is 2.